The van der Waals surface area contributed by atoms with Crippen molar-refractivity contribution >= 4 is 6.29 Å². The summed E-state index contributed by atoms with van der Waals surface area (Å²) >= 11 is 0. The Labute approximate surface area is 109 Å². The highest BCUT2D eigenvalue weighted by molar-refractivity contribution is 5.55. The molecule has 1 atom stereocenters. The third-order valence-corrected chi connectivity index (χ3v) is 1.81. The van der Waals surface area contributed by atoms with Crippen LogP contribution in [0.25, 0.3) is 0 Å². The first-order valence-electron chi connectivity index (χ1n) is 5.68. The van der Waals surface area contributed by atoms with Crippen LogP contribution in [0.5, 0.6) is 0 Å². The summed E-state index contributed by atoms with van der Waals surface area (Å²) < 4.78 is 0. The molecular formula is C13H25N3O2. The van der Waals surface area contributed by atoms with Crippen LogP contribution >= 0.6 is 0 Å². The fourth-order valence-electron chi connectivity index (χ4n) is 0.996. The number of carbonyl (C=O) groups is 1. The van der Waals surface area contributed by atoms with E-state index in [-0.39, 0.29) is 12.2 Å². The second kappa shape index (κ2) is 12.2. The van der Waals surface area contributed by atoms with Gasteiger partial charge in [-0.2, -0.15) is 0 Å². The minimum Gasteiger partial charge on any atom is -0.400 e. The van der Waals surface area contributed by atoms with Crippen molar-refractivity contribution in [2.45, 2.75) is 32.5 Å². The second-order valence-corrected chi connectivity index (χ2v) is 3.85. The summed E-state index contributed by atoms with van der Waals surface area (Å²) in [6.07, 6.45) is 1.21. The monoisotopic (exact) mass is 255 g/mol. The Bertz CT molecular complexity index is 298. The van der Waals surface area contributed by atoms with Gasteiger partial charge in [0.05, 0.1) is 12.2 Å². The predicted molar refractivity (Wildman–Crippen MR) is 74.9 cm³/mol. The van der Waals surface area contributed by atoms with E-state index < -0.39 is 0 Å². The van der Waals surface area contributed by atoms with E-state index in [9.17, 15) is 4.79 Å². The average Bonchev–Trinajstić information content (AvgIpc) is 2.35. The molecule has 0 fully saturated rings. The summed E-state index contributed by atoms with van der Waals surface area (Å²) in [7, 11) is 1.00. The van der Waals surface area contributed by atoms with Gasteiger partial charge in [0.15, 0.2) is 0 Å². The largest absolute Gasteiger partial charge is 0.400 e. The molecule has 1 aromatic carbocycles. The van der Waals surface area contributed by atoms with Crippen LogP contribution in [-0.4, -0.2) is 30.7 Å². The summed E-state index contributed by atoms with van der Waals surface area (Å²) in [5.74, 6) is 0. The van der Waals surface area contributed by atoms with E-state index in [4.69, 9.17) is 22.3 Å². The molecule has 0 aliphatic rings. The van der Waals surface area contributed by atoms with Crippen molar-refractivity contribution in [3.8, 4) is 0 Å². The molecule has 0 saturated carbocycles. The van der Waals surface area contributed by atoms with Crippen molar-refractivity contribution in [2.75, 3.05) is 7.11 Å². The maximum atomic E-state index is 9.38. The van der Waals surface area contributed by atoms with Crippen LogP contribution in [0.2, 0.25) is 0 Å². The summed E-state index contributed by atoms with van der Waals surface area (Å²) in [6.45, 7) is 3.69. The first-order chi connectivity index (χ1) is 8.45. The first-order valence-corrected chi connectivity index (χ1v) is 5.68. The second-order valence-electron chi connectivity index (χ2n) is 3.85. The number of aliphatic hydroxyl groups is 1. The van der Waals surface area contributed by atoms with Gasteiger partial charge < -0.3 is 27.1 Å². The Hall–Kier alpha value is -1.27. The van der Waals surface area contributed by atoms with Gasteiger partial charge in [-0.15, -0.1) is 0 Å². The van der Waals surface area contributed by atoms with Crippen LogP contribution in [0.1, 0.15) is 18.1 Å². The maximum Gasteiger partial charge on any atom is 0.136 e. The molecule has 1 aromatic rings. The van der Waals surface area contributed by atoms with Crippen molar-refractivity contribution in [3.05, 3.63) is 35.4 Å². The molecule has 0 aromatic heterocycles. The SMILES string of the molecule is CC(N)C=O.CO.Cc1ccc(CC(N)N)cc1. The molecule has 5 heteroatoms. The number of carbonyl (C=O) groups excluding carboxylic acids is 1. The highest BCUT2D eigenvalue weighted by Crippen LogP contribution is 2.03. The van der Waals surface area contributed by atoms with Crippen LogP contribution in [-0.2, 0) is 11.2 Å². The van der Waals surface area contributed by atoms with Gasteiger partial charge >= 0.3 is 0 Å². The number of rotatable bonds is 3. The van der Waals surface area contributed by atoms with Crippen molar-refractivity contribution in [2.24, 2.45) is 17.2 Å². The molecule has 5 nitrogen and oxygen atoms in total. The van der Waals surface area contributed by atoms with Gasteiger partial charge in [0.2, 0.25) is 0 Å². The number of aliphatic hydroxyl groups excluding tert-OH is 1. The number of nitrogens with two attached hydrogens (primary N) is 3. The van der Waals surface area contributed by atoms with Gasteiger partial charge in [0.1, 0.15) is 6.29 Å². The standard InChI is InChI=1S/C9H14N2.C3H7NO.CH4O/c1-7-2-4-8(5-3-7)6-9(10)11;1-3(4)2-5;1-2/h2-5,9H,6,10-11H2,1H3;2-3H,4H2,1H3;2H,1H3. The topological polar surface area (TPSA) is 115 Å². The highest BCUT2D eigenvalue weighted by Gasteiger charge is 1.95. The van der Waals surface area contributed by atoms with Crippen molar-refractivity contribution in [1.82, 2.24) is 0 Å². The fraction of sp³-hybridized carbons (Fsp3) is 0.462. The molecule has 0 spiro atoms. The minimum absolute atomic E-state index is 0.238. The summed E-state index contributed by atoms with van der Waals surface area (Å²) in [5.41, 5.74) is 18.3. The van der Waals surface area contributed by atoms with Crippen LogP contribution in [0.4, 0.5) is 0 Å². The molecular weight excluding hydrogens is 230 g/mol. The maximum absolute atomic E-state index is 9.38. The molecule has 0 heterocycles. The lowest BCUT2D eigenvalue weighted by Crippen LogP contribution is -2.32. The lowest BCUT2D eigenvalue weighted by Gasteiger charge is -2.04. The van der Waals surface area contributed by atoms with Gasteiger partial charge in [-0.1, -0.05) is 29.8 Å². The van der Waals surface area contributed by atoms with E-state index in [1.165, 1.54) is 11.1 Å². The van der Waals surface area contributed by atoms with E-state index in [1.807, 2.05) is 0 Å². The van der Waals surface area contributed by atoms with Crippen LogP contribution < -0.4 is 17.2 Å². The van der Waals surface area contributed by atoms with E-state index in [0.717, 1.165) is 13.5 Å². The Morgan fingerprint density at radius 1 is 1.17 bits per heavy atom. The third-order valence-electron chi connectivity index (χ3n) is 1.81. The number of aryl methyl sites for hydroxylation is 1. The molecule has 0 aliphatic heterocycles. The molecule has 7 N–H and O–H groups in total. The van der Waals surface area contributed by atoms with Crippen LogP contribution in [0.3, 0.4) is 0 Å². The molecule has 1 rings (SSSR count). The molecule has 104 valence electrons. The number of aldehydes is 1. The van der Waals surface area contributed by atoms with Gasteiger partial charge in [-0.3, -0.25) is 0 Å². The smallest absolute Gasteiger partial charge is 0.136 e. The summed E-state index contributed by atoms with van der Waals surface area (Å²) in [4.78, 5) is 9.38. The summed E-state index contributed by atoms with van der Waals surface area (Å²) in [6, 6.07) is 7.95. The van der Waals surface area contributed by atoms with Crippen molar-refractivity contribution in [1.29, 1.82) is 0 Å². The lowest BCUT2D eigenvalue weighted by atomic mass is 10.1. The van der Waals surface area contributed by atoms with Gasteiger partial charge in [-0.25, -0.2) is 0 Å². The third kappa shape index (κ3) is 12.8. The van der Waals surface area contributed by atoms with Gasteiger partial charge in [-0.05, 0) is 19.4 Å². The number of benzene rings is 1. The minimum atomic E-state index is -0.296. The number of hydrogen-bond acceptors (Lipinski definition) is 5. The molecule has 0 saturated heterocycles. The molecule has 0 aliphatic carbocycles. The van der Waals surface area contributed by atoms with Crippen molar-refractivity contribution in [3.63, 3.8) is 0 Å². The summed E-state index contributed by atoms with van der Waals surface area (Å²) in [5, 5.41) is 7.00. The highest BCUT2D eigenvalue weighted by atomic mass is 16.2. The first kappa shape index (κ1) is 19.1. The Morgan fingerprint density at radius 3 is 1.83 bits per heavy atom. The van der Waals surface area contributed by atoms with E-state index >= 15 is 0 Å². The Balaban J connectivity index is 0. The van der Waals surface area contributed by atoms with E-state index in [2.05, 4.69) is 31.2 Å². The van der Waals surface area contributed by atoms with Crippen LogP contribution in [0.15, 0.2) is 24.3 Å². The lowest BCUT2D eigenvalue weighted by molar-refractivity contribution is -0.108. The van der Waals surface area contributed by atoms with Crippen molar-refractivity contribution < 1.29 is 9.90 Å². The molecule has 0 amide bonds. The number of hydrogen-bond donors (Lipinski definition) is 4. The normalized spacial score (nSPS) is 10.7. The zero-order valence-corrected chi connectivity index (χ0v) is 11.3. The predicted octanol–water partition coefficient (Wildman–Crippen LogP) is -0.0780. The van der Waals surface area contributed by atoms with E-state index in [0.29, 0.717) is 6.29 Å². The van der Waals surface area contributed by atoms with Crippen LogP contribution in [0, 0.1) is 6.92 Å². The molecule has 18 heavy (non-hydrogen) atoms. The Morgan fingerprint density at radius 2 is 1.56 bits per heavy atom. The van der Waals surface area contributed by atoms with Gasteiger partial charge in [0.25, 0.3) is 0 Å². The molecule has 0 radical (unpaired) electrons. The fourth-order valence-corrected chi connectivity index (χ4v) is 0.996. The molecule has 0 bridgehead atoms. The Kier molecular flexibility index (Phi) is 12.9. The average molecular weight is 255 g/mol. The quantitative estimate of drug-likeness (QED) is 0.445. The van der Waals surface area contributed by atoms with E-state index in [1.54, 1.807) is 6.92 Å². The zero-order valence-electron chi connectivity index (χ0n) is 11.3. The van der Waals surface area contributed by atoms with Gasteiger partial charge in [0, 0.05) is 13.5 Å². The molecule has 1 unspecified atom stereocenters. The zero-order chi connectivity index (χ0) is 14.6.